The van der Waals surface area contributed by atoms with Gasteiger partial charge in [-0.2, -0.15) is 4.98 Å². The Balaban J connectivity index is 1.97. The summed E-state index contributed by atoms with van der Waals surface area (Å²) in [5, 5.41) is 2.70. The predicted molar refractivity (Wildman–Crippen MR) is 65.2 cm³/mol. The van der Waals surface area contributed by atoms with E-state index in [2.05, 4.69) is 20.9 Å². The number of nitrogens with zero attached hydrogens (tertiary/aromatic N) is 1. The van der Waals surface area contributed by atoms with E-state index in [1.807, 2.05) is 5.38 Å². The van der Waals surface area contributed by atoms with Crippen molar-refractivity contribution in [2.45, 2.75) is 31.8 Å². The maximum absolute atomic E-state index is 5.88. The molecule has 1 aliphatic rings. The molecular formula is C10H15BrN2OS. The van der Waals surface area contributed by atoms with Crippen LogP contribution in [0.2, 0.25) is 0 Å². The zero-order chi connectivity index (χ0) is 10.7. The van der Waals surface area contributed by atoms with Gasteiger partial charge in [0.1, 0.15) is 10.7 Å². The second-order valence-electron chi connectivity index (χ2n) is 3.87. The highest BCUT2D eigenvalue weighted by Gasteiger charge is 2.26. The largest absolute Gasteiger partial charge is 0.466 e. The third-order valence-corrected chi connectivity index (χ3v) is 4.29. The molecule has 2 rings (SSSR count). The fourth-order valence-corrected chi connectivity index (χ4v) is 3.16. The molecule has 1 heterocycles. The molecule has 2 atom stereocenters. The summed E-state index contributed by atoms with van der Waals surface area (Å²) in [4.78, 5) is 4.25. The van der Waals surface area contributed by atoms with Crippen molar-refractivity contribution in [3.05, 3.63) is 9.98 Å². The monoisotopic (exact) mass is 290 g/mol. The number of aromatic nitrogens is 1. The molecule has 5 heteroatoms. The van der Waals surface area contributed by atoms with Crippen molar-refractivity contribution in [2.75, 3.05) is 6.54 Å². The average molecular weight is 291 g/mol. The van der Waals surface area contributed by atoms with Crippen molar-refractivity contribution in [3.63, 3.8) is 0 Å². The number of halogens is 1. The second kappa shape index (κ2) is 5.27. The van der Waals surface area contributed by atoms with E-state index in [0.29, 0.717) is 5.92 Å². The van der Waals surface area contributed by atoms with Crippen LogP contribution in [0.1, 0.15) is 25.7 Å². The van der Waals surface area contributed by atoms with Gasteiger partial charge in [-0.15, -0.1) is 0 Å². The van der Waals surface area contributed by atoms with Gasteiger partial charge in [-0.25, -0.2) is 0 Å². The van der Waals surface area contributed by atoms with Gasteiger partial charge in [0.15, 0.2) is 0 Å². The molecule has 2 unspecified atom stereocenters. The Morgan fingerprint density at radius 1 is 1.53 bits per heavy atom. The van der Waals surface area contributed by atoms with Gasteiger partial charge in [0.2, 0.25) is 0 Å². The van der Waals surface area contributed by atoms with E-state index < -0.39 is 0 Å². The Morgan fingerprint density at radius 2 is 2.33 bits per heavy atom. The fourth-order valence-electron chi connectivity index (χ4n) is 2.02. The first-order chi connectivity index (χ1) is 7.29. The molecule has 0 amide bonds. The van der Waals surface area contributed by atoms with E-state index in [0.717, 1.165) is 22.8 Å². The minimum Gasteiger partial charge on any atom is -0.466 e. The van der Waals surface area contributed by atoms with Crippen LogP contribution >= 0.6 is 27.3 Å². The van der Waals surface area contributed by atoms with Gasteiger partial charge >= 0.3 is 0 Å². The summed E-state index contributed by atoms with van der Waals surface area (Å²) in [6, 6.07) is 0. The molecule has 3 nitrogen and oxygen atoms in total. The molecule has 0 spiro atoms. The molecule has 1 fully saturated rings. The van der Waals surface area contributed by atoms with Crippen molar-refractivity contribution in [2.24, 2.45) is 11.7 Å². The summed E-state index contributed by atoms with van der Waals surface area (Å²) in [6.07, 6.45) is 5.09. The van der Waals surface area contributed by atoms with Crippen molar-refractivity contribution < 1.29 is 4.74 Å². The standard InChI is InChI=1S/C10H15BrN2OS/c11-9-6-15-10(13-9)14-8-4-2-1-3-7(8)5-12/h6-8H,1-5,12H2. The third-order valence-electron chi connectivity index (χ3n) is 2.85. The van der Waals surface area contributed by atoms with Crippen LogP contribution < -0.4 is 10.5 Å². The van der Waals surface area contributed by atoms with Gasteiger partial charge < -0.3 is 10.5 Å². The van der Waals surface area contributed by atoms with Gasteiger partial charge in [-0.1, -0.05) is 17.8 Å². The van der Waals surface area contributed by atoms with Crippen LogP contribution in [0, 0.1) is 5.92 Å². The molecule has 0 bridgehead atoms. The fraction of sp³-hybridized carbons (Fsp3) is 0.700. The smallest absolute Gasteiger partial charge is 0.274 e. The summed E-state index contributed by atoms with van der Waals surface area (Å²) < 4.78 is 6.73. The number of thiazole rings is 1. The van der Waals surface area contributed by atoms with E-state index in [1.54, 1.807) is 0 Å². The van der Waals surface area contributed by atoms with Crippen LogP contribution in [0.4, 0.5) is 0 Å². The summed E-state index contributed by atoms with van der Waals surface area (Å²) in [5.41, 5.74) is 5.75. The number of ether oxygens (including phenoxy) is 1. The van der Waals surface area contributed by atoms with Crippen LogP contribution in [-0.4, -0.2) is 17.6 Å². The Kier molecular flexibility index (Phi) is 3.99. The first kappa shape index (κ1) is 11.4. The molecule has 0 radical (unpaired) electrons. The number of hydrogen-bond acceptors (Lipinski definition) is 4. The first-order valence-electron chi connectivity index (χ1n) is 5.27. The van der Waals surface area contributed by atoms with Crippen molar-refractivity contribution >= 4 is 27.3 Å². The highest BCUT2D eigenvalue weighted by molar-refractivity contribution is 9.10. The molecule has 0 aromatic carbocycles. The lowest BCUT2D eigenvalue weighted by Gasteiger charge is -2.29. The molecule has 1 saturated carbocycles. The Morgan fingerprint density at radius 3 is 3.00 bits per heavy atom. The molecule has 1 aromatic heterocycles. The topological polar surface area (TPSA) is 48.1 Å². The zero-order valence-electron chi connectivity index (χ0n) is 8.49. The van der Waals surface area contributed by atoms with Crippen LogP contribution in [0.15, 0.2) is 9.98 Å². The van der Waals surface area contributed by atoms with E-state index >= 15 is 0 Å². The van der Waals surface area contributed by atoms with Gasteiger partial charge in [0.25, 0.3) is 5.19 Å². The molecule has 2 N–H and O–H groups in total. The Bertz CT molecular complexity index is 318. The Hall–Kier alpha value is -0.130. The number of nitrogens with two attached hydrogens (primary N) is 1. The lowest BCUT2D eigenvalue weighted by atomic mass is 9.86. The maximum atomic E-state index is 5.88. The summed E-state index contributed by atoms with van der Waals surface area (Å²) in [6.45, 7) is 0.719. The third kappa shape index (κ3) is 2.92. The molecule has 0 aliphatic heterocycles. The molecule has 0 saturated heterocycles. The first-order valence-corrected chi connectivity index (χ1v) is 6.94. The summed E-state index contributed by atoms with van der Waals surface area (Å²) >= 11 is 4.86. The summed E-state index contributed by atoms with van der Waals surface area (Å²) in [5.74, 6) is 0.501. The predicted octanol–water partition coefficient (Wildman–Crippen LogP) is 2.80. The zero-order valence-corrected chi connectivity index (χ0v) is 10.9. The normalized spacial score (nSPS) is 26.5. The minimum atomic E-state index is 0.266. The quantitative estimate of drug-likeness (QED) is 0.931. The molecule has 1 aliphatic carbocycles. The van der Waals surface area contributed by atoms with Crippen molar-refractivity contribution in [1.29, 1.82) is 0 Å². The lowest BCUT2D eigenvalue weighted by molar-refractivity contribution is 0.0965. The molecule has 84 valence electrons. The summed E-state index contributed by atoms with van der Waals surface area (Å²) in [7, 11) is 0. The highest BCUT2D eigenvalue weighted by Crippen LogP contribution is 2.30. The van der Waals surface area contributed by atoms with Gasteiger partial charge in [-0.3, -0.25) is 0 Å². The second-order valence-corrected chi connectivity index (χ2v) is 5.51. The van der Waals surface area contributed by atoms with Crippen LogP contribution in [0.3, 0.4) is 0 Å². The van der Waals surface area contributed by atoms with Crippen molar-refractivity contribution in [3.8, 4) is 5.19 Å². The van der Waals surface area contributed by atoms with E-state index in [-0.39, 0.29) is 6.10 Å². The van der Waals surface area contributed by atoms with Crippen LogP contribution in [0.5, 0.6) is 5.19 Å². The van der Waals surface area contributed by atoms with E-state index in [1.165, 1.54) is 30.6 Å². The van der Waals surface area contributed by atoms with E-state index in [4.69, 9.17) is 10.5 Å². The SMILES string of the molecule is NCC1CCCCC1Oc1nc(Br)cs1. The van der Waals surface area contributed by atoms with Gasteiger partial charge in [-0.05, 0) is 41.7 Å². The number of rotatable bonds is 3. The van der Waals surface area contributed by atoms with Gasteiger partial charge in [0, 0.05) is 11.3 Å². The van der Waals surface area contributed by atoms with Crippen LogP contribution in [0.25, 0.3) is 0 Å². The molecule has 1 aromatic rings. The van der Waals surface area contributed by atoms with Crippen LogP contribution in [-0.2, 0) is 0 Å². The minimum absolute atomic E-state index is 0.266. The average Bonchev–Trinajstić information content (AvgIpc) is 2.65. The molecule has 15 heavy (non-hydrogen) atoms. The molecular weight excluding hydrogens is 276 g/mol. The highest BCUT2D eigenvalue weighted by atomic mass is 79.9. The lowest BCUT2D eigenvalue weighted by Crippen LogP contribution is -2.35. The van der Waals surface area contributed by atoms with E-state index in [9.17, 15) is 0 Å². The maximum Gasteiger partial charge on any atom is 0.274 e. The Labute approximate surface area is 102 Å². The van der Waals surface area contributed by atoms with Crippen molar-refractivity contribution in [1.82, 2.24) is 4.98 Å². The van der Waals surface area contributed by atoms with Gasteiger partial charge in [0.05, 0.1) is 0 Å². The number of hydrogen-bond donors (Lipinski definition) is 1.